The number of anilines is 1. The molecule has 1 aromatic carbocycles. The van der Waals surface area contributed by atoms with Crippen LogP contribution < -0.4 is 9.64 Å². The SMILES string of the molecule is COc1ccc2c(c1)N(CC1=CC=C[C@H](F)C1)C(=O)C(C(=O)O)CC2. The number of hydrogen-bond acceptors (Lipinski definition) is 3. The summed E-state index contributed by atoms with van der Waals surface area (Å²) in [6.07, 6.45) is 4.73. The van der Waals surface area contributed by atoms with E-state index in [1.807, 2.05) is 6.07 Å². The number of amides is 1. The van der Waals surface area contributed by atoms with Crippen LogP contribution in [0.2, 0.25) is 0 Å². The summed E-state index contributed by atoms with van der Waals surface area (Å²) in [6.45, 7) is 0.174. The van der Waals surface area contributed by atoms with Gasteiger partial charge in [0.15, 0.2) is 0 Å². The summed E-state index contributed by atoms with van der Waals surface area (Å²) >= 11 is 0. The molecule has 0 aromatic heterocycles. The number of fused-ring (bicyclic) bond motifs is 1. The number of rotatable bonds is 4. The van der Waals surface area contributed by atoms with Gasteiger partial charge in [0.2, 0.25) is 5.91 Å². The monoisotopic (exact) mass is 345 g/mol. The Morgan fingerprint density at radius 2 is 2.24 bits per heavy atom. The molecule has 0 spiro atoms. The second-order valence-electron chi connectivity index (χ2n) is 6.28. The van der Waals surface area contributed by atoms with Crippen LogP contribution in [0.5, 0.6) is 5.75 Å². The molecule has 1 aromatic rings. The first-order valence-electron chi connectivity index (χ1n) is 8.21. The minimum absolute atomic E-state index is 0.174. The van der Waals surface area contributed by atoms with E-state index in [-0.39, 0.29) is 19.4 Å². The zero-order valence-electron chi connectivity index (χ0n) is 13.9. The number of carbonyl (C=O) groups excluding carboxylic acids is 1. The van der Waals surface area contributed by atoms with E-state index in [2.05, 4.69) is 0 Å². The van der Waals surface area contributed by atoms with Crippen LogP contribution in [0.3, 0.4) is 0 Å². The highest BCUT2D eigenvalue weighted by Crippen LogP contribution is 2.34. The van der Waals surface area contributed by atoms with Crippen molar-refractivity contribution < 1.29 is 23.8 Å². The molecule has 2 atom stereocenters. The summed E-state index contributed by atoms with van der Waals surface area (Å²) in [5.74, 6) is -2.11. The number of nitrogens with zero attached hydrogens (tertiary/aromatic N) is 1. The molecule has 1 unspecified atom stereocenters. The van der Waals surface area contributed by atoms with Crippen molar-refractivity contribution in [2.24, 2.45) is 5.92 Å². The van der Waals surface area contributed by atoms with Crippen LogP contribution in [0.4, 0.5) is 10.1 Å². The van der Waals surface area contributed by atoms with Crippen molar-refractivity contribution in [1.82, 2.24) is 0 Å². The fourth-order valence-corrected chi connectivity index (χ4v) is 3.27. The first-order valence-corrected chi connectivity index (χ1v) is 8.21. The van der Waals surface area contributed by atoms with Crippen molar-refractivity contribution in [1.29, 1.82) is 0 Å². The zero-order valence-corrected chi connectivity index (χ0v) is 13.9. The normalized spacial score (nSPS) is 22.9. The van der Waals surface area contributed by atoms with Gasteiger partial charge >= 0.3 is 5.97 Å². The fourth-order valence-electron chi connectivity index (χ4n) is 3.27. The third-order valence-corrected chi connectivity index (χ3v) is 4.62. The number of carboxylic acid groups (broad SMARTS) is 1. The molecule has 2 aliphatic rings. The minimum Gasteiger partial charge on any atom is -0.497 e. The average molecular weight is 345 g/mol. The van der Waals surface area contributed by atoms with Crippen molar-refractivity contribution in [3.8, 4) is 5.75 Å². The van der Waals surface area contributed by atoms with Crippen LogP contribution in [0.15, 0.2) is 42.0 Å². The molecular weight excluding hydrogens is 325 g/mol. The Hall–Kier alpha value is -2.63. The van der Waals surface area contributed by atoms with Crippen LogP contribution in [-0.2, 0) is 16.0 Å². The Labute approximate surface area is 145 Å². The number of hydrogen-bond donors (Lipinski definition) is 1. The van der Waals surface area contributed by atoms with Gasteiger partial charge in [-0.15, -0.1) is 0 Å². The molecule has 25 heavy (non-hydrogen) atoms. The maximum absolute atomic E-state index is 13.6. The van der Waals surface area contributed by atoms with Crippen LogP contribution in [0.25, 0.3) is 0 Å². The van der Waals surface area contributed by atoms with Gasteiger partial charge in [0, 0.05) is 19.0 Å². The highest BCUT2D eigenvalue weighted by atomic mass is 19.1. The van der Waals surface area contributed by atoms with Crippen LogP contribution in [0, 0.1) is 5.92 Å². The molecule has 1 aliphatic heterocycles. The standard InChI is InChI=1S/C19H20FNO4/c1-25-15-7-5-13-6-8-16(19(23)24)18(22)21(17(13)10-15)11-12-3-2-4-14(20)9-12/h2-5,7,10,14,16H,6,8-9,11H2,1H3,(H,23,24)/t14-,16?/m0/s1. The van der Waals surface area contributed by atoms with Crippen molar-refractivity contribution in [3.05, 3.63) is 47.6 Å². The maximum atomic E-state index is 13.6. The molecule has 132 valence electrons. The molecule has 6 heteroatoms. The summed E-state index contributed by atoms with van der Waals surface area (Å²) in [5.41, 5.74) is 2.28. The number of carboxylic acids is 1. The number of allylic oxidation sites excluding steroid dienone is 3. The van der Waals surface area contributed by atoms with E-state index in [1.165, 1.54) is 18.1 Å². The topological polar surface area (TPSA) is 66.8 Å². The minimum atomic E-state index is -1.13. The van der Waals surface area contributed by atoms with Crippen molar-refractivity contribution >= 4 is 17.6 Å². The molecule has 0 saturated heterocycles. The van der Waals surface area contributed by atoms with E-state index < -0.39 is 24.0 Å². The Morgan fingerprint density at radius 3 is 2.92 bits per heavy atom. The van der Waals surface area contributed by atoms with Gasteiger partial charge in [-0.05, 0) is 30.0 Å². The van der Waals surface area contributed by atoms with Gasteiger partial charge in [-0.2, -0.15) is 0 Å². The Bertz CT molecular complexity index is 756. The molecule has 5 nitrogen and oxygen atoms in total. The summed E-state index contributed by atoms with van der Waals surface area (Å²) in [5, 5.41) is 9.42. The molecule has 0 radical (unpaired) electrons. The quantitative estimate of drug-likeness (QED) is 0.852. The van der Waals surface area contributed by atoms with Gasteiger partial charge in [0.05, 0.1) is 12.8 Å². The molecule has 1 amide bonds. The lowest BCUT2D eigenvalue weighted by Gasteiger charge is -2.27. The van der Waals surface area contributed by atoms with Gasteiger partial charge < -0.3 is 14.7 Å². The third kappa shape index (κ3) is 3.57. The number of aryl methyl sites for hydroxylation is 1. The number of alkyl halides is 1. The smallest absolute Gasteiger partial charge is 0.316 e. The molecule has 1 heterocycles. The number of methoxy groups -OCH3 is 1. The van der Waals surface area contributed by atoms with E-state index in [0.29, 0.717) is 17.9 Å². The number of carbonyl (C=O) groups is 2. The highest BCUT2D eigenvalue weighted by molar-refractivity contribution is 6.07. The lowest BCUT2D eigenvalue weighted by molar-refractivity contribution is -0.146. The van der Waals surface area contributed by atoms with Crippen molar-refractivity contribution in [2.45, 2.75) is 25.4 Å². The predicted octanol–water partition coefficient (Wildman–Crippen LogP) is 2.90. The molecular formula is C19H20FNO4. The molecule has 0 bridgehead atoms. The average Bonchev–Trinajstić information content (AvgIpc) is 2.72. The van der Waals surface area contributed by atoms with Crippen LogP contribution >= 0.6 is 0 Å². The van der Waals surface area contributed by atoms with Crippen LogP contribution in [0.1, 0.15) is 18.4 Å². The second-order valence-corrected chi connectivity index (χ2v) is 6.28. The lowest BCUT2D eigenvalue weighted by Crippen LogP contribution is -2.40. The highest BCUT2D eigenvalue weighted by Gasteiger charge is 2.35. The van der Waals surface area contributed by atoms with Gasteiger partial charge in [-0.1, -0.05) is 24.3 Å². The van der Waals surface area contributed by atoms with E-state index in [4.69, 9.17) is 4.74 Å². The van der Waals surface area contributed by atoms with E-state index >= 15 is 0 Å². The molecule has 1 N–H and O–H groups in total. The Kier molecular flexibility index (Phi) is 4.88. The summed E-state index contributed by atoms with van der Waals surface area (Å²) in [4.78, 5) is 25.9. The summed E-state index contributed by atoms with van der Waals surface area (Å²) < 4.78 is 18.9. The largest absolute Gasteiger partial charge is 0.497 e. The van der Waals surface area contributed by atoms with Crippen LogP contribution in [-0.4, -0.2) is 36.8 Å². The van der Waals surface area contributed by atoms with Gasteiger partial charge in [0.25, 0.3) is 0 Å². The first kappa shape index (κ1) is 17.2. The zero-order chi connectivity index (χ0) is 18.0. The van der Waals surface area contributed by atoms with Crippen molar-refractivity contribution in [2.75, 3.05) is 18.6 Å². The van der Waals surface area contributed by atoms with E-state index in [0.717, 1.165) is 11.1 Å². The lowest BCUT2D eigenvalue weighted by atomic mass is 10.0. The fraction of sp³-hybridized carbons (Fsp3) is 0.368. The molecule has 0 fully saturated rings. The molecule has 1 aliphatic carbocycles. The third-order valence-electron chi connectivity index (χ3n) is 4.62. The van der Waals surface area contributed by atoms with Crippen molar-refractivity contribution in [3.63, 3.8) is 0 Å². The Morgan fingerprint density at radius 1 is 1.44 bits per heavy atom. The van der Waals surface area contributed by atoms with Gasteiger partial charge in [0.1, 0.15) is 17.8 Å². The van der Waals surface area contributed by atoms with Gasteiger partial charge in [-0.25, -0.2) is 4.39 Å². The number of benzene rings is 1. The van der Waals surface area contributed by atoms with E-state index in [1.54, 1.807) is 24.3 Å². The Balaban J connectivity index is 2.00. The number of ether oxygens (including phenoxy) is 1. The molecule has 3 rings (SSSR count). The van der Waals surface area contributed by atoms with E-state index in [9.17, 15) is 19.1 Å². The first-order chi connectivity index (χ1) is 12.0. The maximum Gasteiger partial charge on any atom is 0.316 e. The number of aliphatic carboxylic acids is 1. The number of halogens is 1. The summed E-state index contributed by atoms with van der Waals surface area (Å²) in [6, 6.07) is 5.39. The molecule has 0 saturated carbocycles. The second kappa shape index (κ2) is 7.09. The van der Waals surface area contributed by atoms with Gasteiger partial charge in [-0.3, -0.25) is 9.59 Å². The predicted molar refractivity (Wildman–Crippen MR) is 91.5 cm³/mol. The summed E-state index contributed by atoms with van der Waals surface area (Å²) in [7, 11) is 1.53.